The van der Waals surface area contributed by atoms with E-state index < -0.39 is 0 Å². The predicted molar refractivity (Wildman–Crippen MR) is 109 cm³/mol. The maximum atomic E-state index is 12.3. The lowest BCUT2D eigenvalue weighted by Gasteiger charge is -2.29. The second-order valence-corrected chi connectivity index (χ2v) is 7.10. The number of urea groups is 1. The molecule has 1 aromatic carbocycles. The van der Waals surface area contributed by atoms with Gasteiger partial charge in [-0.15, -0.1) is 0 Å². The molecule has 0 spiro atoms. The number of benzene rings is 1. The van der Waals surface area contributed by atoms with Gasteiger partial charge >= 0.3 is 6.03 Å². The number of nitrogens with zero attached hydrogens (tertiary/aromatic N) is 1. The van der Waals surface area contributed by atoms with Crippen molar-refractivity contribution in [2.75, 3.05) is 25.0 Å². The number of carbonyl (C=O) groups excluding carboxylic acids is 1. The van der Waals surface area contributed by atoms with Crippen molar-refractivity contribution in [3.05, 3.63) is 46.7 Å². The lowest BCUT2D eigenvalue weighted by molar-refractivity contribution is 0.210. The minimum atomic E-state index is -0.199. The van der Waals surface area contributed by atoms with Gasteiger partial charge in [-0.2, -0.15) is 11.3 Å². The minimum Gasteiger partial charge on any atom is -0.491 e. The number of nitrogens with one attached hydrogen (secondary N) is 2. The SMILES string of the molecule is CCN(CC)C(CNC(=O)Nc1ccc(OC(C)C)cc1)c1ccsc1. The van der Waals surface area contributed by atoms with E-state index in [1.165, 1.54) is 5.56 Å². The van der Waals surface area contributed by atoms with Crippen LogP contribution in [0.5, 0.6) is 5.75 Å². The zero-order valence-electron chi connectivity index (χ0n) is 16.0. The molecule has 0 saturated carbocycles. The molecule has 5 nitrogen and oxygen atoms in total. The molecule has 1 aromatic heterocycles. The highest BCUT2D eigenvalue weighted by Crippen LogP contribution is 2.22. The van der Waals surface area contributed by atoms with E-state index in [0.717, 1.165) is 24.5 Å². The van der Waals surface area contributed by atoms with Gasteiger partial charge in [-0.1, -0.05) is 13.8 Å². The van der Waals surface area contributed by atoms with Crippen LogP contribution in [0.4, 0.5) is 10.5 Å². The molecule has 2 amide bonds. The number of ether oxygens (including phenoxy) is 1. The molecule has 6 heteroatoms. The van der Waals surface area contributed by atoms with Crippen molar-refractivity contribution in [1.82, 2.24) is 10.2 Å². The van der Waals surface area contributed by atoms with Gasteiger partial charge in [-0.3, -0.25) is 4.90 Å². The first-order chi connectivity index (χ1) is 12.5. The molecule has 142 valence electrons. The highest BCUT2D eigenvalue weighted by atomic mass is 32.1. The fourth-order valence-corrected chi connectivity index (χ4v) is 3.55. The van der Waals surface area contributed by atoms with E-state index >= 15 is 0 Å². The van der Waals surface area contributed by atoms with E-state index in [1.54, 1.807) is 11.3 Å². The average molecular weight is 376 g/mol. The predicted octanol–water partition coefficient (Wildman–Crippen LogP) is 4.74. The maximum Gasteiger partial charge on any atom is 0.319 e. The van der Waals surface area contributed by atoms with Crippen LogP contribution in [0.25, 0.3) is 0 Å². The average Bonchev–Trinajstić information content (AvgIpc) is 3.14. The lowest BCUT2D eigenvalue weighted by Crippen LogP contribution is -2.39. The van der Waals surface area contributed by atoms with Crippen LogP contribution in [0.15, 0.2) is 41.1 Å². The molecule has 0 aliphatic carbocycles. The monoisotopic (exact) mass is 375 g/mol. The van der Waals surface area contributed by atoms with Crippen molar-refractivity contribution in [3.63, 3.8) is 0 Å². The molecule has 0 aliphatic rings. The summed E-state index contributed by atoms with van der Waals surface area (Å²) in [5.41, 5.74) is 1.99. The summed E-state index contributed by atoms with van der Waals surface area (Å²) < 4.78 is 5.61. The number of hydrogen-bond donors (Lipinski definition) is 2. The summed E-state index contributed by atoms with van der Waals surface area (Å²) in [5.74, 6) is 0.796. The Kier molecular flexibility index (Phi) is 7.94. The van der Waals surface area contributed by atoms with Crippen LogP contribution in [0.3, 0.4) is 0 Å². The van der Waals surface area contributed by atoms with Crippen LogP contribution in [0.1, 0.15) is 39.3 Å². The number of hydrogen-bond acceptors (Lipinski definition) is 4. The number of rotatable bonds is 9. The van der Waals surface area contributed by atoms with E-state index in [4.69, 9.17) is 4.74 Å². The number of carbonyl (C=O) groups is 1. The lowest BCUT2D eigenvalue weighted by atomic mass is 10.1. The first kappa shape index (κ1) is 20.3. The van der Waals surface area contributed by atoms with Crippen molar-refractivity contribution in [2.24, 2.45) is 0 Å². The van der Waals surface area contributed by atoms with Crippen molar-refractivity contribution >= 4 is 23.1 Å². The molecule has 2 N–H and O–H groups in total. The molecule has 0 saturated heterocycles. The molecule has 0 aliphatic heterocycles. The molecule has 1 atom stereocenters. The summed E-state index contributed by atoms with van der Waals surface area (Å²) in [7, 11) is 0. The Hall–Kier alpha value is -2.05. The fraction of sp³-hybridized carbons (Fsp3) is 0.450. The van der Waals surface area contributed by atoms with Crippen molar-refractivity contribution in [2.45, 2.75) is 39.8 Å². The topological polar surface area (TPSA) is 53.6 Å². The van der Waals surface area contributed by atoms with Gasteiger partial charge < -0.3 is 15.4 Å². The van der Waals surface area contributed by atoms with Gasteiger partial charge in [0.2, 0.25) is 0 Å². The first-order valence-corrected chi connectivity index (χ1v) is 10.1. The third kappa shape index (κ3) is 6.04. The largest absolute Gasteiger partial charge is 0.491 e. The summed E-state index contributed by atoms with van der Waals surface area (Å²) in [6.07, 6.45) is 0.131. The fourth-order valence-electron chi connectivity index (χ4n) is 2.84. The van der Waals surface area contributed by atoms with E-state index in [2.05, 4.69) is 46.2 Å². The molecular formula is C20H29N3O2S. The zero-order valence-corrected chi connectivity index (χ0v) is 16.8. The molecule has 2 rings (SSSR count). The van der Waals surface area contributed by atoms with E-state index in [0.29, 0.717) is 6.54 Å². The molecule has 26 heavy (non-hydrogen) atoms. The first-order valence-electron chi connectivity index (χ1n) is 9.11. The van der Waals surface area contributed by atoms with Gasteiger partial charge in [0.15, 0.2) is 0 Å². The second-order valence-electron chi connectivity index (χ2n) is 6.32. The number of thiophene rings is 1. The van der Waals surface area contributed by atoms with Crippen LogP contribution < -0.4 is 15.4 Å². The Bertz CT molecular complexity index is 652. The number of likely N-dealkylation sites (N-methyl/N-ethyl adjacent to an activating group) is 1. The van der Waals surface area contributed by atoms with Gasteiger partial charge in [0, 0.05) is 12.2 Å². The Morgan fingerprint density at radius 1 is 1.15 bits per heavy atom. The molecule has 0 bridgehead atoms. The second kappa shape index (κ2) is 10.2. The van der Waals surface area contributed by atoms with Gasteiger partial charge in [0.05, 0.1) is 12.1 Å². The smallest absolute Gasteiger partial charge is 0.319 e. The number of anilines is 1. The van der Waals surface area contributed by atoms with Gasteiger partial charge in [-0.05, 0) is 73.6 Å². The molecular weight excluding hydrogens is 346 g/mol. The number of amides is 2. The Morgan fingerprint density at radius 3 is 2.38 bits per heavy atom. The van der Waals surface area contributed by atoms with Crippen LogP contribution in [-0.4, -0.2) is 36.7 Å². The van der Waals surface area contributed by atoms with E-state index in [1.807, 2.05) is 38.1 Å². The van der Waals surface area contributed by atoms with Crippen molar-refractivity contribution < 1.29 is 9.53 Å². The molecule has 0 fully saturated rings. The summed E-state index contributed by atoms with van der Waals surface area (Å²) in [6.45, 7) is 10.7. The molecule has 0 radical (unpaired) electrons. The summed E-state index contributed by atoms with van der Waals surface area (Å²) in [4.78, 5) is 14.6. The van der Waals surface area contributed by atoms with E-state index in [9.17, 15) is 4.79 Å². The summed E-state index contributed by atoms with van der Waals surface area (Å²) in [6, 6.07) is 9.52. The summed E-state index contributed by atoms with van der Waals surface area (Å²) in [5, 5.41) is 10.1. The molecule has 1 unspecified atom stereocenters. The normalized spacial score (nSPS) is 12.2. The van der Waals surface area contributed by atoms with Crippen LogP contribution >= 0.6 is 11.3 Å². The van der Waals surface area contributed by atoms with E-state index in [-0.39, 0.29) is 18.2 Å². The van der Waals surface area contributed by atoms with Gasteiger partial charge in [0.25, 0.3) is 0 Å². The molecule has 1 heterocycles. The van der Waals surface area contributed by atoms with Crippen LogP contribution in [0.2, 0.25) is 0 Å². The van der Waals surface area contributed by atoms with Gasteiger partial charge in [-0.25, -0.2) is 4.79 Å². The Labute approximate surface area is 160 Å². The summed E-state index contributed by atoms with van der Waals surface area (Å²) >= 11 is 1.68. The zero-order chi connectivity index (χ0) is 18.9. The quantitative estimate of drug-likeness (QED) is 0.665. The third-order valence-electron chi connectivity index (χ3n) is 4.12. The van der Waals surface area contributed by atoms with Crippen LogP contribution in [0, 0.1) is 0 Å². The standard InChI is InChI=1S/C20H29N3O2S/c1-5-23(6-2)19(16-11-12-26-14-16)13-21-20(24)22-17-7-9-18(10-8-17)25-15(3)4/h7-12,14-15,19H,5-6,13H2,1-4H3,(H2,21,22,24). The molecule has 2 aromatic rings. The Balaban J connectivity index is 1.91. The maximum absolute atomic E-state index is 12.3. The third-order valence-corrected chi connectivity index (χ3v) is 4.82. The highest BCUT2D eigenvalue weighted by molar-refractivity contribution is 7.07. The van der Waals surface area contributed by atoms with Crippen molar-refractivity contribution in [3.8, 4) is 5.75 Å². The minimum absolute atomic E-state index is 0.131. The van der Waals surface area contributed by atoms with Crippen LogP contribution in [-0.2, 0) is 0 Å². The van der Waals surface area contributed by atoms with Crippen molar-refractivity contribution in [1.29, 1.82) is 0 Å². The highest BCUT2D eigenvalue weighted by Gasteiger charge is 2.19. The Morgan fingerprint density at radius 2 is 1.85 bits per heavy atom. The van der Waals surface area contributed by atoms with Gasteiger partial charge in [0.1, 0.15) is 5.75 Å².